The minimum absolute atomic E-state index is 0.442. The molecular formula is C14H22N2O. The van der Waals surface area contributed by atoms with Gasteiger partial charge in [0.1, 0.15) is 5.76 Å². The first-order chi connectivity index (χ1) is 8.04. The molecule has 2 saturated carbocycles. The van der Waals surface area contributed by atoms with E-state index in [4.69, 9.17) is 4.42 Å². The summed E-state index contributed by atoms with van der Waals surface area (Å²) in [5.74, 6) is 1.83. The van der Waals surface area contributed by atoms with E-state index in [1.54, 1.807) is 6.20 Å². The fourth-order valence-electron chi connectivity index (χ4n) is 4.07. The highest BCUT2D eigenvalue weighted by atomic mass is 16.3. The first kappa shape index (κ1) is 11.3. The fourth-order valence-corrected chi connectivity index (χ4v) is 4.07. The summed E-state index contributed by atoms with van der Waals surface area (Å²) in [4.78, 5) is 3.95. The van der Waals surface area contributed by atoms with E-state index < -0.39 is 0 Å². The van der Waals surface area contributed by atoms with E-state index in [2.05, 4.69) is 31.1 Å². The molecule has 0 aromatic carbocycles. The molecule has 2 aliphatic carbocycles. The Balaban J connectivity index is 1.70. The molecule has 3 unspecified atom stereocenters. The van der Waals surface area contributed by atoms with Gasteiger partial charge in [-0.05, 0) is 36.0 Å². The molecule has 1 N–H and O–H groups in total. The molecule has 1 aromatic rings. The molecule has 0 saturated heterocycles. The molecule has 0 amide bonds. The van der Waals surface area contributed by atoms with E-state index >= 15 is 0 Å². The molecule has 2 bridgehead atoms. The van der Waals surface area contributed by atoms with Crippen molar-refractivity contribution in [2.75, 3.05) is 0 Å². The predicted octanol–water partition coefficient (Wildman–Crippen LogP) is 2.98. The van der Waals surface area contributed by atoms with Crippen LogP contribution in [0.4, 0.5) is 0 Å². The quantitative estimate of drug-likeness (QED) is 0.873. The van der Waals surface area contributed by atoms with Gasteiger partial charge >= 0.3 is 0 Å². The normalized spacial score (nSPS) is 38.8. The SMILES string of the molecule is CC1(C)C2CCC1(C)C(NCc1cnco1)C2. The second-order valence-corrected chi connectivity index (χ2v) is 6.51. The Bertz CT molecular complexity index is 398. The Morgan fingerprint density at radius 3 is 2.82 bits per heavy atom. The van der Waals surface area contributed by atoms with Gasteiger partial charge in [-0.3, -0.25) is 0 Å². The average molecular weight is 234 g/mol. The van der Waals surface area contributed by atoms with E-state index in [0.717, 1.165) is 18.2 Å². The Morgan fingerprint density at radius 2 is 2.29 bits per heavy atom. The van der Waals surface area contributed by atoms with Crippen LogP contribution in [0.2, 0.25) is 0 Å². The first-order valence-electron chi connectivity index (χ1n) is 6.65. The number of oxazole rings is 1. The molecule has 1 heterocycles. The van der Waals surface area contributed by atoms with Gasteiger partial charge in [-0.15, -0.1) is 0 Å². The summed E-state index contributed by atoms with van der Waals surface area (Å²) in [7, 11) is 0. The first-order valence-corrected chi connectivity index (χ1v) is 6.65. The summed E-state index contributed by atoms with van der Waals surface area (Å²) in [6.07, 6.45) is 7.39. The molecule has 3 heteroatoms. The van der Waals surface area contributed by atoms with Crippen LogP contribution in [0.15, 0.2) is 17.0 Å². The zero-order chi connectivity index (χ0) is 12.1. The maximum Gasteiger partial charge on any atom is 0.180 e. The number of fused-ring (bicyclic) bond motifs is 2. The summed E-state index contributed by atoms with van der Waals surface area (Å²) in [6, 6.07) is 0.626. The number of aromatic nitrogens is 1. The minimum atomic E-state index is 0.442. The summed E-state index contributed by atoms with van der Waals surface area (Å²) in [5.41, 5.74) is 0.920. The van der Waals surface area contributed by atoms with E-state index in [-0.39, 0.29) is 0 Å². The van der Waals surface area contributed by atoms with Crippen LogP contribution >= 0.6 is 0 Å². The lowest BCUT2D eigenvalue weighted by molar-refractivity contribution is 0.119. The van der Waals surface area contributed by atoms with E-state index in [0.29, 0.717) is 16.9 Å². The van der Waals surface area contributed by atoms with E-state index in [1.165, 1.54) is 25.7 Å². The van der Waals surface area contributed by atoms with Crippen molar-refractivity contribution in [3.05, 3.63) is 18.4 Å². The molecule has 0 spiro atoms. The second kappa shape index (κ2) is 3.58. The van der Waals surface area contributed by atoms with Gasteiger partial charge in [0.15, 0.2) is 6.39 Å². The maximum absolute atomic E-state index is 5.28. The van der Waals surface area contributed by atoms with Crippen molar-refractivity contribution in [1.82, 2.24) is 10.3 Å². The third-order valence-electron chi connectivity index (χ3n) is 5.80. The van der Waals surface area contributed by atoms with Crippen molar-refractivity contribution in [1.29, 1.82) is 0 Å². The van der Waals surface area contributed by atoms with Crippen molar-refractivity contribution in [2.45, 2.75) is 52.6 Å². The smallest absolute Gasteiger partial charge is 0.180 e. The lowest BCUT2D eigenvalue weighted by Crippen LogP contribution is -2.44. The number of rotatable bonds is 3. The van der Waals surface area contributed by atoms with Gasteiger partial charge in [0, 0.05) is 6.04 Å². The molecule has 94 valence electrons. The molecule has 17 heavy (non-hydrogen) atoms. The molecule has 3 rings (SSSR count). The van der Waals surface area contributed by atoms with E-state index in [1.807, 2.05) is 0 Å². The summed E-state index contributed by atoms with van der Waals surface area (Å²) in [5, 5.41) is 3.68. The second-order valence-electron chi connectivity index (χ2n) is 6.51. The van der Waals surface area contributed by atoms with Crippen LogP contribution in [0.1, 0.15) is 45.8 Å². The Labute approximate surface area is 103 Å². The van der Waals surface area contributed by atoms with Gasteiger partial charge in [0.2, 0.25) is 0 Å². The lowest BCUT2D eigenvalue weighted by Gasteiger charge is -2.39. The van der Waals surface area contributed by atoms with Crippen molar-refractivity contribution >= 4 is 0 Å². The highest BCUT2D eigenvalue weighted by molar-refractivity contribution is 5.13. The van der Waals surface area contributed by atoms with Crippen LogP contribution in [0, 0.1) is 16.7 Å². The van der Waals surface area contributed by atoms with Gasteiger partial charge in [0.25, 0.3) is 0 Å². The minimum Gasteiger partial charge on any atom is -0.447 e. The molecule has 0 radical (unpaired) electrons. The summed E-state index contributed by atoms with van der Waals surface area (Å²) < 4.78 is 5.28. The van der Waals surface area contributed by atoms with E-state index in [9.17, 15) is 0 Å². The molecule has 2 aliphatic rings. The largest absolute Gasteiger partial charge is 0.447 e. The third kappa shape index (κ3) is 1.48. The molecule has 3 atom stereocenters. The van der Waals surface area contributed by atoms with Gasteiger partial charge in [-0.2, -0.15) is 0 Å². The molecule has 3 nitrogen and oxygen atoms in total. The van der Waals surface area contributed by atoms with Crippen LogP contribution < -0.4 is 5.32 Å². The average Bonchev–Trinajstić information content (AvgIpc) is 2.91. The third-order valence-corrected chi connectivity index (χ3v) is 5.80. The number of hydrogen-bond donors (Lipinski definition) is 1. The molecular weight excluding hydrogens is 212 g/mol. The monoisotopic (exact) mass is 234 g/mol. The van der Waals surface area contributed by atoms with Gasteiger partial charge in [-0.25, -0.2) is 4.98 Å². The Kier molecular flexibility index (Phi) is 2.37. The Morgan fingerprint density at radius 1 is 1.47 bits per heavy atom. The zero-order valence-corrected chi connectivity index (χ0v) is 11.0. The van der Waals surface area contributed by atoms with Crippen LogP contribution in [-0.2, 0) is 6.54 Å². The topological polar surface area (TPSA) is 38.1 Å². The van der Waals surface area contributed by atoms with Gasteiger partial charge < -0.3 is 9.73 Å². The van der Waals surface area contributed by atoms with Crippen molar-refractivity contribution in [2.24, 2.45) is 16.7 Å². The number of hydrogen-bond acceptors (Lipinski definition) is 3. The Hall–Kier alpha value is -0.830. The highest BCUT2D eigenvalue weighted by Crippen LogP contribution is 2.65. The van der Waals surface area contributed by atoms with Gasteiger partial charge in [-0.1, -0.05) is 20.8 Å². The summed E-state index contributed by atoms with van der Waals surface area (Å²) >= 11 is 0. The highest BCUT2D eigenvalue weighted by Gasteiger charge is 2.60. The van der Waals surface area contributed by atoms with Crippen LogP contribution in [0.5, 0.6) is 0 Å². The molecule has 0 aliphatic heterocycles. The molecule has 2 fully saturated rings. The van der Waals surface area contributed by atoms with Crippen LogP contribution in [0.25, 0.3) is 0 Å². The van der Waals surface area contributed by atoms with Crippen LogP contribution in [-0.4, -0.2) is 11.0 Å². The fraction of sp³-hybridized carbons (Fsp3) is 0.786. The van der Waals surface area contributed by atoms with Gasteiger partial charge in [0.05, 0.1) is 12.7 Å². The zero-order valence-electron chi connectivity index (χ0n) is 11.0. The van der Waals surface area contributed by atoms with Crippen molar-refractivity contribution in [3.63, 3.8) is 0 Å². The summed E-state index contributed by atoms with van der Waals surface area (Å²) in [6.45, 7) is 8.16. The lowest BCUT2D eigenvalue weighted by atomic mass is 9.69. The van der Waals surface area contributed by atoms with Crippen LogP contribution in [0.3, 0.4) is 0 Å². The van der Waals surface area contributed by atoms with Crippen molar-refractivity contribution < 1.29 is 4.42 Å². The maximum atomic E-state index is 5.28. The molecule has 1 aromatic heterocycles. The number of nitrogens with zero attached hydrogens (tertiary/aromatic N) is 1. The predicted molar refractivity (Wildman–Crippen MR) is 66.4 cm³/mol. The number of nitrogens with one attached hydrogen (secondary N) is 1. The standard InChI is InChI=1S/C14H22N2O/c1-13(2)10-4-5-14(13,3)12(6-10)16-8-11-7-15-9-17-11/h7,9-10,12,16H,4-6,8H2,1-3H3. The van der Waals surface area contributed by atoms with Crippen molar-refractivity contribution in [3.8, 4) is 0 Å².